The van der Waals surface area contributed by atoms with E-state index in [0.29, 0.717) is 31.4 Å². The molecule has 0 radical (unpaired) electrons. The fraction of sp³-hybridized carbons (Fsp3) is 0.821. The van der Waals surface area contributed by atoms with E-state index in [1.54, 1.807) is 69.6 Å². The molecule has 10 rings (SSSR count). The fourth-order valence-electron chi connectivity index (χ4n) is 16.1. The Morgan fingerprint density at radius 1 is 0.421 bits per heavy atom. The van der Waals surface area contributed by atoms with Crippen molar-refractivity contribution in [2.24, 2.45) is 0 Å². The Bertz CT molecular complexity index is 3360. The number of carbonyl (C=O) groups is 2. The van der Waals surface area contributed by atoms with E-state index >= 15 is 0 Å². The van der Waals surface area contributed by atoms with Gasteiger partial charge in [-0.3, -0.25) is 19.3 Å². The summed E-state index contributed by atoms with van der Waals surface area (Å²) in [6.07, 6.45) is -28.5. The number of hydrogen-bond acceptors (Lipinski definition) is 41. The van der Waals surface area contributed by atoms with Gasteiger partial charge in [0.25, 0.3) is 0 Å². The average Bonchev–Trinajstić information content (AvgIpc) is 0.763. The van der Waals surface area contributed by atoms with Crippen molar-refractivity contribution in [2.75, 3.05) is 110 Å². The van der Waals surface area contributed by atoms with Crippen LogP contribution in [0, 0.1) is 21.0 Å². The Morgan fingerprint density at radius 2 is 0.785 bits per heavy atom. The largest absolute Gasteiger partial charge is 0.492 e. The Kier molecular flexibility index (Phi) is 39.0. The van der Waals surface area contributed by atoms with Crippen molar-refractivity contribution in [1.82, 2.24) is 21.6 Å². The van der Waals surface area contributed by atoms with Gasteiger partial charge < -0.3 is 160 Å². The molecule has 0 aromatic heterocycles. The van der Waals surface area contributed by atoms with Crippen molar-refractivity contribution >= 4 is 78.9 Å². The topological polar surface area (TPSA) is 475 Å². The molecule has 8 saturated heterocycles. The lowest BCUT2D eigenvalue weighted by molar-refractivity contribution is -0.336. The number of aliphatic hydroxyl groups is 8. The van der Waals surface area contributed by atoms with Crippen molar-refractivity contribution in [3.8, 4) is 34.5 Å². The van der Waals surface area contributed by atoms with E-state index in [2.05, 4.69) is 21.6 Å². The average molecular weight is 2000 g/mol. The molecule has 0 aliphatic carbocycles. The molecule has 43 heteroatoms. The third kappa shape index (κ3) is 23.6. The summed E-state index contributed by atoms with van der Waals surface area (Å²) in [5.74, 6) is 0.374. The van der Waals surface area contributed by atoms with Crippen LogP contribution in [0.25, 0.3) is 0 Å². The Morgan fingerprint density at radius 3 is 1.12 bits per heavy atom. The number of ether oxygens (including phenoxy) is 23. The normalized spacial score (nSPS) is 38.6. The van der Waals surface area contributed by atoms with Crippen LogP contribution in [0.4, 0.5) is 0 Å². The van der Waals surface area contributed by atoms with E-state index in [4.69, 9.17) is 119 Å². The Labute approximate surface area is 740 Å². The second kappa shape index (κ2) is 46.8. The minimum Gasteiger partial charge on any atom is -0.492 e. The van der Waals surface area contributed by atoms with Gasteiger partial charge in [-0.1, -0.05) is 37.4 Å². The summed E-state index contributed by atoms with van der Waals surface area (Å²) in [5, 5.41) is 95.8. The summed E-state index contributed by atoms with van der Waals surface area (Å²) >= 11 is 5.69. The van der Waals surface area contributed by atoms with Gasteiger partial charge in [-0.05, 0) is 125 Å². The van der Waals surface area contributed by atoms with Crippen LogP contribution in [-0.2, 0) is 90.2 Å². The monoisotopic (exact) mass is 1990 g/mol. The molecule has 8 aliphatic rings. The first-order valence-electron chi connectivity index (χ1n) is 40.6. The molecule has 8 fully saturated rings. The van der Waals surface area contributed by atoms with E-state index in [9.17, 15) is 50.4 Å². The molecule has 34 unspecified atom stereocenters. The minimum atomic E-state index is -1.41. The van der Waals surface area contributed by atoms with Crippen molar-refractivity contribution < 1.29 is 169 Å². The minimum absolute atomic E-state index is 0.0000986. The molecule has 12 N–H and O–H groups in total. The molecule has 39 nitrogen and oxygen atoms in total. The van der Waals surface area contributed by atoms with Crippen LogP contribution in [-0.4, -0.2) is 368 Å². The maximum atomic E-state index is 14.5. The Balaban J connectivity index is 0.734. The molecular weight excluding hydrogens is 1870 g/mol. The molecule has 692 valence electrons. The smallest absolute Gasteiger partial charge is 0.229 e. The lowest BCUT2D eigenvalue weighted by atomic mass is 9.97. The van der Waals surface area contributed by atoms with Gasteiger partial charge in [-0.25, -0.2) is 0 Å². The number of methoxy groups -OCH3 is 8. The Hall–Kier alpha value is -2.50. The molecule has 2 aromatic carbocycles. The number of likely N-dealkylation sites (N-methyl/N-ethyl adjacent to an activating group) is 2. The number of carbonyl (C=O) groups excluding carboxylic acids is 2. The van der Waals surface area contributed by atoms with Gasteiger partial charge in [-0.15, -0.1) is 0 Å². The van der Waals surface area contributed by atoms with Crippen LogP contribution in [0.15, 0.2) is 0 Å². The van der Waals surface area contributed by atoms with Gasteiger partial charge in [0.2, 0.25) is 34.3 Å². The first-order chi connectivity index (χ1) is 57.8. The van der Waals surface area contributed by atoms with E-state index in [0.717, 1.165) is 23.5 Å². The molecule has 121 heavy (non-hydrogen) atoms. The first kappa shape index (κ1) is 101. The highest BCUT2D eigenvalue weighted by Crippen LogP contribution is 2.51. The van der Waals surface area contributed by atoms with Crippen LogP contribution in [0.3, 0.4) is 0 Å². The number of thioether (sulfide) groups is 2. The third-order valence-corrected chi connectivity index (χ3v) is 28.2. The number of rotatable bonds is 38. The van der Waals surface area contributed by atoms with Crippen LogP contribution in [0.5, 0.6) is 34.5 Å². The first-order valence-corrected chi connectivity index (χ1v) is 44.5. The van der Waals surface area contributed by atoms with E-state index in [1.165, 1.54) is 42.7 Å². The van der Waals surface area contributed by atoms with Gasteiger partial charge in [0.1, 0.15) is 61.0 Å². The standard InChI is InChI=1S/C78H124I2N4O35S2/c1-19-81-39-29-106-45(27-43(39)95-11)114-67-57(89)53(83-118-47-25-41(85)71(37(9)108-47)120-73(93)49-31(3)51(79)63(69(101-17)61(49)97-13)116-75-59(91)65(99-15)55(87)35(7)112-75)33(5)110-77(67)104-23-21-103-22-24-105-78-68(115-46-28-44(96-12)40(30-107-46)82-20-2)58(90)54(34(6)111-78)84-119-48-26-42(86)72(38(10)109-48)121-74(94)50-32(4)52(80)64(70(102-18)62(50)98-14)117-76-60(92)66(100-16)56(88)36(8)113-76/h33-48,53-60,65-68,71-72,75-78,81-92H,19-30H2,1-18H3. The predicted molar refractivity (Wildman–Crippen MR) is 445 cm³/mol. The summed E-state index contributed by atoms with van der Waals surface area (Å²) in [6.45, 7) is 19.1. The second-order valence-electron chi connectivity index (χ2n) is 30.7. The second-order valence-corrected chi connectivity index (χ2v) is 35.1. The molecule has 2 aromatic rings. The van der Waals surface area contributed by atoms with E-state index < -0.39 is 193 Å². The zero-order chi connectivity index (χ0) is 88.1. The van der Waals surface area contributed by atoms with Crippen molar-refractivity contribution in [1.29, 1.82) is 0 Å². The van der Waals surface area contributed by atoms with Crippen LogP contribution in [0.1, 0.15) is 113 Å². The highest BCUT2D eigenvalue weighted by molar-refractivity contribution is 14.1. The van der Waals surface area contributed by atoms with Crippen LogP contribution < -0.4 is 50.0 Å². The molecule has 8 heterocycles. The molecule has 0 spiro atoms. The molecule has 0 bridgehead atoms. The number of aliphatic hydroxyl groups excluding tert-OH is 8. The summed E-state index contributed by atoms with van der Waals surface area (Å²) in [6, 6.07) is -2.23. The van der Waals surface area contributed by atoms with Gasteiger partial charge in [0, 0.05) is 54.1 Å². The molecular formula is C78H124I2N4O35S2. The highest BCUT2D eigenvalue weighted by atomic mass is 127. The molecule has 0 amide bonds. The lowest BCUT2D eigenvalue weighted by Gasteiger charge is -2.46. The predicted octanol–water partition coefficient (Wildman–Crippen LogP) is 1.73. The third-order valence-electron chi connectivity index (χ3n) is 22.8. The fourth-order valence-corrected chi connectivity index (χ4v) is 19.7. The number of halogens is 2. The summed E-state index contributed by atoms with van der Waals surface area (Å²) in [7, 11) is 11.4. The van der Waals surface area contributed by atoms with Gasteiger partial charge in [-0.2, -0.15) is 11.0 Å². The zero-order valence-electron chi connectivity index (χ0n) is 71.3. The van der Waals surface area contributed by atoms with Gasteiger partial charge in [0.05, 0.1) is 182 Å². The molecule has 8 aliphatic heterocycles. The number of hydroxylamine groups is 2. The molecule has 34 atom stereocenters. The van der Waals surface area contributed by atoms with Crippen molar-refractivity contribution in [3.05, 3.63) is 29.4 Å². The van der Waals surface area contributed by atoms with Crippen LogP contribution >= 0.6 is 68.7 Å². The highest BCUT2D eigenvalue weighted by Gasteiger charge is 2.53. The van der Waals surface area contributed by atoms with Gasteiger partial charge >= 0.3 is 0 Å². The van der Waals surface area contributed by atoms with Crippen molar-refractivity contribution in [3.63, 3.8) is 0 Å². The molecule has 0 saturated carbocycles. The van der Waals surface area contributed by atoms with E-state index in [1.807, 2.05) is 59.0 Å². The lowest BCUT2D eigenvalue weighted by Crippen LogP contribution is -2.64. The maximum Gasteiger partial charge on any atom is 0.229 e. The summed E-state index contributed by atoms with van der Waals surface area (Å²) < 4.78 is 140. The summed E-state index contributed by atoms with van der Waals surface area (Å²) in [4.78, 5) is 41.2. The summed E-state index contributed by atoms with van der Waals surface area (Å²) in [5.41, 5.74) is 7.02. The SMILES string of the molecule is CCNC1COC(OC2C(OCCOCCOC3OC(C)C(NOC4CC(O)C(SC(=O)c5c(C)c(I)c(OC6OC(C)C(O)C(OC)C6O)c(OC)c5OC)C(C)O4)C(O)C3OC3CC(OC)C(NCC)CO3)OC(C)C(NOC3CC(O)C(SC(=O)c4c(C)c(I)c(OC5OC(C)C(O)C(OC)C5O)c(OC)c4OC)C(C)O3)C2O)CC1OC. The maximum absolute atomic E-state index is 14.5. The zero-order valence-corrected chi connectivity index (χ0v) is 77.2. The van der Waals surface area contributed by atoms with Gasteiger partial charge in [0.15, 0.2) is 60.7 Å². The van der Waals surface area contributed by atoms with Crippen molar-refractivity contribution in [2.45, 2.75) is 302 Å². The number of benzene rings is 2. The number of nitrogens with one attached hydrogen (secondary N) is 4. The van der Waals surface area contributed by atoms with E-state index in [-0.39, 0.29) is 135 Å². The quantitative estimate of drug-likeness (QED) is 0.0259. The number of hydrogen-bond donors (Lipinski definition) is 12. The van der Waals surface area contributed by atoms with Crippen LogP contribution in [0.2, 0.25) is 0 Å².